The molecule has 0 saturated heterocycles. The SMILES string of the molecule is CCCCC(CCC)Nc1cc(C(N)=O)c(N)cn1. The molecule has 0 bridgehead atoms. The van der Waals surface area contributed by atoms with Crippen molar-refractivity contribution in [2.75, 3.05) is 11.1 Å². The lowest BCUT2D eigenvalue weighted by Crippen LogP contribution is -2.21. The number of nitrogens with two attached hydrogens (primary N) is 2. The lowest BCUT2D eigenvalue weighted by Gasteiger charge is -2.19. The van der Waals surface area contributed by atoms with Crippen molar-refractivity contribution < 1.29 is 4.79 Å². The molecule has 0 radical (unpaired) electrons. The lowest BCUT2D eigenvalue weighted by atomic mass is 10.1. The molecule has 1 aromatic heterocycles. The maximum absolute atomic E-state index is 11.2. The van der Waals surface area contributed by atoms with Gasteiger partial charge in [0.15, 0.2) is 0 Å². The molecule has 1 aromatic rings. The number of nitrogens with zero attached hydrogens (tertiary/aromatic N) is 1. The Bertz CT molecular complexity index is 420. The molecule has 0 spiro atoms. The molecule has 0 aliphatic heterocycles. The van der Waals surface area contributed by atoms with Crippen LogP contribution in [0.2, 0.25) is 0 Å². The number of unbranched alkanes of at least 4 members (excludes halogenated alkanes) is 1. The molecule has 19 heavy (non-hydrogen) atoms. The third-order valence-electron chi connectivity index (χ3n) is 3.10. The summed E-state index contributed by atoms with van der Waals surface area (Å²) in [5.41, 5.74) is 11.6. The topological polar surface area (TPSA) is 94.0 Å². The average Bonchev–Trinajstić information content (AvgIpc) is 2.38. The predicted molar refractivity (Wildman–Crippen MR) is 79.0 cm³/mol. The number of nitrogen functional groups attached to an aromatic ring is 1. The zero-order valence-electron chi connectivity index (χ0n) is 11.8. The molecule has 0 aliphatic rings. The van der Waals surface area contributed by atoms with E-state index in [-0.39, 0.29) is 0 Å². The quantitative estimate of drug-likeness (QED) is 0.672. The van der Waals surface area contributed by atoms with Gasteiger partial charge >= 0.3 is 0 Å². The van der Waals surface area contributed by atoms with Crippen LogP contribution >= 0.6 is 0 Å². The Hall–Kier alpha value is -1.78. The number of hydrogen-bond acceptors (Lipinski definition) is 4. The Morgan fingerprint density at radius 2 is 2.11 bits per heavy atom. The standard InChI is InChI=1S/C14H24N4O/c1-3-5-7-10(6-4-2)18-13-8-11(14(16)19)12(15)9-17-13/h8-10H,3-7,15H2,1-2H3,(H2,16,19)(H,17,18). The first-order chi connectivity index (χ1) is 9.08. The molecule has 0 aromatic carbocycles. The van der Waals surface area contributed by atoms with Crippen molar-refractivity contribution in [1.29, 1.82) is 0 Å². The summed E-state index contributed by atoms with van der Waals surface area (Å²) in [5.74, 6) is 0.140. The number of anilines is 2. The summed E-state index contributed by atoms with van der Waals surface area (Å²) in [6, 6.07) is 2.01. The fraction of sp³-hybridized carbons (Fsp3) is 0.571. The minimum Gasteiger partial charge on any atom is -0.397 e. The zero-order valence-corrected chi connectivity index (χ0v) is 11.8. The molecule has 1 amide bonds. The van der Waals surface area contributed by atoms with Gasteiger partial charge in [-0.1, -0.05) is 33.1 Å². The molecular formula is C14H24N4O. The molecule has 1 atom stereocenters. The van der Waals surface area contributed by atoms with E-state index in [2.05, 4.69) is 24.1 Å². The summed E-state index contributed by atoms with van der Waals surface area (Å²) in [7, 11) is 0. The minimum atomic E-state index is -0.524. The first-order valence-corrected chi connectivity index (χ1v) is 6.90. The molecule has 5 N–H and O–H groups in total. The summed E-state index contributed by atoms with van der Waals surface area (Å²) < 4.78 is 0. The monoisotopic (exact) mass is 264 g/mol. The molecule has 0 saturated carbocycles. The van der Waals surface area contributed by atoms with E-state index in [1.807, 2.05) is 0 Å². The molecule has 1 rings (SSSR count). The highest BCUT2D eigenvalue weighted by Crippen LogP contribution is 2.17. The Labute approximate surface area is 114 Å². The van der Waals surface area contributed by atoms with Gasteiger partial charge in [0.25, 0.3) is 5.91 Å². The molecule has 0 fully saturated rings. The van der Waals surface area contributed by atoms with Crippen molar-refractivity contribution >= 4 is 17.4 Å². The maximum Gasteiger partial charge on any atom is 0.250 e. The van der Waals surface area contributed by atoms with E-state index in [0.717, 1.165) is 19.3 Å². The van der Waals surface area contributed by atoms with Gasteiger partial charge < -0.3 is 16.8 Å². The second-order valence-corrected chi connectivity index (χ2v) is 4.79. The van der Waals surface area contributed by atoms with Crippen molar-refractivity contribution in [1.82, 2.24) is 4.98 Å². The predicted octanol–water partition coefficient (Wildman–Crippen LogP) is 2.53. The van der Waals surface area contributed by atoms with E-state index in [1.165, 1.54) is 19.0 Å². The Kier molecular flexibility index (Phi) is 6.12. The fourth-order valence-electron chi connectivity index (χ4n) is 2.06. The highest BCUT2D eigenvalue weighted by atomic mass is 16.1. The minimum absolute atomic E-state index is 0.318. The maximum atomic E-state index is 11.2. The number of aromatic nitrogens is 1. The molecule has 0 aliphatic carbocycles. The van der Waals surface area contributed by atoms with Gasteiger partial charge in [-0.3, -0.25) is 4.79 Å². The van der Waals surface area contributed by atoms with Gasteiger partial charge in [-0.05, 0) is 18.9 Å². The summed E-state index contributed by atoms with van der Waals surface area (Å²) in [6.45, 7) is 4.33. The molecule has 1 heterocycles. The summed E-state index contributed by atoms with van der Waals surface area (Å²) in [4.78, 5) is 15.5. The highest BCUT2D eigenvalue weighted by Gasteiger charge is 2.11. The second kappa shape index (κ2) is 7.61. The lowest BCUT2D eigenvalue weighted by molar-refractivity contribution is 0.100. The van der Waals surface area contributed by atoms with Crippen molar-refractivity contribution in [2.45, 2.75) is 52.0 Å². The van der Waals surface area contributed by atoms with Crippen LogP contribution in [0.15, 0.2) is 12.3 Å². The normalized spacial score (nSPS) is 12.1. The number of carbonyl (C=O) groups excluding carboxylic acids is 1. The average molecular weight is 264 g/mol. The largest absolute Gasteiger partial charge is 0.397 e. The fourth-order valence-corrected chi connectivity index (χ4v) is 2.06. The number of rotatable bonds is 8. The van der Waals surface area contributed by atoms with Crippen molar-refractivity contribution in [2.24, 2.45) is 5.73 Å². The Balaban J connectivity index is 2.78. The molecular weight excluding hydrogens is 240 g/mol. The number of amides is 1. The van der Waals surface area contributed by atoms with E-state index in [4.69, 9.17) is 11.5 Å². The van der Waals surface area contributed by atoms with Crippen LogP contribution in [0.4, 0.5) is 11.5 Å². The van der Waals surface area contributed by atoms with Gasteiger partial charge in [0.05, 0.1) is 17.4 Å². The van der Waals surface area contributed by atoms with Gasteiger partial charge in [-0.15, -0.1) is 0 Å². The summed E-state index contributed by atoms with van der Waals surface area (Å²) in [6.07, 6.45) is 7.11. The second-order valence-electron chi connectivity index (χ2n) is 4.79. The van der Waals surface area contributed by atoms with Crippen LogP contribution in [0.3, 0.4) is 0 Å². The van der Waals surface area contributed by atoms with Gasteiger partial charge in [0.1, 0.15) is 5.82 Å². The van der Waals surface area contributed by atoms with E-state index in [0.29, 0.717) is 23.1 Å². The first kappa shape index (κ1) is 15.3. The van der Waals surface area contributed by atoms with Gasteiger partial charge in [0, 0.05) is 6.04 Å². The molecule has 106 valence electrons. The highest BCUT2D eigenvalue weighted by molar-refractivity contribution is 5.98. The van der Waals surface area contributed by atoms with Gasteiger partial charge in [-0.25, -0.2) is 4.98 Å². The van der Waals surface area contributed by atoms with Crippen molar-refractivity contribution in [3.63, 3.8) is 0 Å². The van der Waals surface area contributed by atoms with Gasteiger partial charge in [-0.2, -0.15) is 0 Å². The van der Waals surface area contributed by atoms with Crippen LogP contribution in [0, 0.1) is 0 Å². The molecule has 1 unspecified atom stereocenters. The Morgan fingerprint density at radius 3 is 2.68 bits per heavy atom. The molecule has 5 heteroatoms. The molecule has 5 nitrogen and oxygen atoms in total. The van der Waals surface area contributed by atoms with Crippen LogP contribution < -0.4 is 16.8 Å². The van der Waals surface area contributed by atoms with E-state index >= 15 is 0 Å². The summed E-state index contributed by atoms with van der Waals surface area (Å²) in [5, 5.41) is 3.36. The van der Waals surface area contributed by atoms with Crippen LogP contribution in [-0.2, 0) is 0 Å². The Morgan fingerprint density at radius 1 is 1.37 bits per heavy atom. The van der Waals surface area contributed by atoms with E-state index in [1.54, 1.807) is 6.07 Å². The van der Waals surface area contributed by atoms with Crippen molar-refractivity contribution in [3.8, 4) is 0 Å². The smallest absolute Gasteiger partial charge is 0.250 e. The third-order valence-corrected chi connectivity index (χ3v) is 3.10. The van der Waals surface area contributed by atoms with E-state index in [9.17, 15) is 4.79 Å². The van der Waals surface area contributed by atoms with E-state index < -0.39 is 5.91 Å². The van der Waals surface area contributed by atoms with Crippen LogP contribution in [-0.4, -0.2) is 16.9 Å². The number of hydrogen-bond donors (Lipinski definition) is 3. The van der Waals surface area contributed by atoms with Crippen LogP contribution in [0.1, 0.15) is 56.3 Å². The van der Waals surface area contributed by atoms with Gasteiger partial charge in [0.2, 0.25) is 0 Å². The van der Waals surface area contributed by atoms with Crippen molar-refractivity contribution in [3.05, 3.63) is 17.8 Å². The number of carbonyl (C=O) groups is 1. The number of nitrogens with one attached hydrogen (secondary N) is 1. The zero-order chi connectivity index (χ0) is 14.3. The summed E-state index contributed by atoms with van der Waals surface area (Å²) >= 11 is 0. The number of primary amides is 1. The third kappa shape index (κ3) is 4.77. The first-order valence-electron chi connectivity index (χ1n) is 6.90. The van der Waals surface area contributed by atoms with Crippen LogP contribution in [0.25, 0.3) is 0 Å². The van der Waals surface area contributed by atoms with Crippen LogP contribution in [0.5, 0.6) is 0 Å². The number of pyridine rings is 1.